The van der Waals surface area contributed by atoms with Gasteiger partial charge < -0.3 is 19.3 Å². The summed E-state index contributed by atoms with van der Waals surface area (Å²) < 4.78 is 17.1. The topological polar surface area (TPSA) is 77.9 Å². The second-order valence-corrected chi connectivity index (χ2v) is 7.27. The molecule has 3 aromatic carbocycles. The van der Waals surface area contributed by atoms with E-state index in [1.807, 2.05) is 66.7 Å². The molecule has 0 aliphatic rings. The van der Waals surface area contributed by atoms with Crippen molar-refractivity contribution in [2.24, 2.45) is 0 Å². The number of hydrogen-bond acceptors (Lipinski definition) is 5. The van der Waals surface area contributed by atoms with Gasteiger partial charge in [-0.3, -0.25) is 0 Å². The quantitative estimate of drug-likeness (QED) is 0.364. The van der Waals surface area contributed by atoms with E-state index >= 15 is 0 Å². The molecular formula is C27H23NO5. The fourth-order valence-electron chi connectivity index (χ4n) is 3.33. The lowest BCUT2D eigenvalue weighted by Gasteiger charge is -2.14. The number of aromatic nitrogens is 1. The van der Waals surface area contributed by atoms with Crippen LogP contribution in [-0.4, -0.2) is 23.2 Å². The Morgan fingerprint density at radius 2 is 1.45 bits per heavy atom. The average Bonchev–Trinajstić information content (AvgIpc) is 2.87. The predicted octanol–water partition coefficient (Wildman–Crippen LogP) is 5.61. The van der Waals surface area contributed by atoms with E-state index in [0.717, 1.165) is 11.1 Å². The fourth-order valence-corrected chi connectivity index (χ4v) is 3.33. The lowest BCUT2D eigenvalue weighted by atomic mass is 10.0. The van der Waals surface area contributed by atoms with Crippen molar-refractivity contribution in [2.75, 3.05) is 7.11 Å². The minimum atomic E-state index is -1.07. The van der Waals surface area contributed by atoms with Gasteiger partial charge in [0.15, 0.2) is 0 Å². The Bertz CT molecular complexity index is 1230. The van der Waals surface area contributed by atoms with E-state index in [4.69, 9.17) is 14.2 Å². The molecule has 33 heavy (non-hydrogen) atoms. The molecule has 0 aliphatic heterocycles. The van der Waals surface area contributed by atoms with E-state index in [-0.39, 0.29) is 11.3 Å². The van der Waals surface area contributed by atoms with Crippen LogP contribution in [0.2, 0.25) is 0 Å². The molecule has 0 aliphatic carbocycles. The number of aromatic carboxylic acids is 1. The Labute approximate surface area is 192 Å². The van der Waals surface area contributed by atoms with Gasteiger partial charge in [-0.1, -0.05) is 66.7 Å². The van der Waals surface area contributed by atoms with Crippen LogP contribution in [0, 0.1) is 0 Å². The molecule has 0 unspecified atom stereocenters. The summed E-state index contributed by atoms with van der Waals surface area (Å²) in [5.41, 5.74) is 3.38. The minimum Gasteiger partial charge on any atom is -0.496 e. The molecule has 4 rings (SSSR count). The van der Waals surface area contributed by atoms with E-state index in [2.05, 4.69) is 4.98 Å². The van der Waals surface area contributed by atoms with Gasteiger partial charge in [-0.15, -0.1) is 0 Å². The fraction of sp³-hybridized carbons (Fsp3) is 0.111. The van der Waals surface area contributed by atoms with Gasteiger partial charge in [0, 0.05) is 11.6 Å². The van der Waals surface area contributed by atoms with Crippen molar-refractivity contribution < 1.29 is 24.1 Å². The normalized spacial score (nSPS) is 10.5. The van der Waals surface area contributed by atoms with Gasteiger partial charge in [0.1, 0.15) is 24.5 Å². The van der Waals surface area contributed by atoms with Crippen LogP contribution >= 0.6 is 0 Å². The Hall–Kier alpha value is -4.32. The maximum atomic E-state index is 11.7. The number of carbonyl (C=O) groups is 1. The molecule has 0 radical (unpaired) electrons. The van der Waals surface area contributed by atoms with Crippen LogP contribution < -0.4 is 14.2 Å². The van der Waals surface area contributed by atoms with Gasteiger partial charge >= 0.3 is 5.97 Å². The summed E-state index contributed by atoms with van der Waals surface area (Å²) in [6.45, 7) is 0.682. The molecule has 0 saturated carbocycles. The number of rotatable bonds is 9. The Morgan fingerprint density at radius 1 is 0.818 bits per heavy atom. The summed E-state index contributed by atoms with van der Waals surface area (Å²) in [6.07, 6.45) is 0. The summed E-state index contributed by atoms with van der Waals surface area (Å²) >= 11 is 0. The molecule has 1 heterocycles. The minimum absolute atomic E-state index is 0.0633. The largest absolute Gasteiger partial charge is 0.496 e. The number of carboxylic acids is 1. The molecular weight excluding hydrogens is 418 g/mol. The predicted molar refractivity (Wildman–Crippen MR) is 125 cm³/mol. The third-order valence-electron chi connectivity index (χ3n) is 5.02. The van der Waals surface area contributed by atoms with E-state index in [9.17, 15) is 9.90 Å². The number of benzene rings is 3. The Balaban J connectivity index is 1.66. The first kappa shape index (κ1) is 21.9. The highest BCUT2D eigenvalue weighted by molar-refractivity contribution is 5.93. The number of carboxylic acid groups (broad SMARTS) is 1. The first-order chi connectivity index (χ1) is 16.1. The summed E-state index contributed by atoms with van der Waals surface area (Å²) in [6, 6.07) is 28.1. The van der Waals surface area contributed by atoms with Crippen LogP contribution in [0.15, 0.2) is 91.0 Å². The Kier molecular flexibility index (Phi) is 6.85. The number of nitrogens with zero attached hydrogens (tertiary/aromatic N) is 1. The van der Waals surface area contributed by atoms with Gasteiger partial charge in [0.05, 0.1) is 7.11 Å². The van der Waals surface area contributed by atoms with E-state index < -0.39 is 5.97 Å². The SMILES string of the molecule is COc1ccc(-c2ccc(OCc3ccccc3)nc2OCc2ccccc2)cc1C(=O)O. The van der Waals surface area contributed by atoms with E-state index in [0.29, 0.717) is 36.1 Å². The monoisotopic (exact) mass is 441 g/mol. The third kappa shape index (κ3) is 5.49. The zero-order chi connectivity index (χ0) is 23.0. The van der Waals surface area contributed by atoms with Crippen LogP contribution in [-0.2, 0) is 13.2 Å². The molecule has 0 bridgehead atoms. The molecule has 1 aromatic heterocycles. The summed E-state index contributed by atoms with van der Waals surface area (Å²) in [4.78, 5) is 16.3. The highest BCUT2D eigenvalue weighted by atomic mass is 16.5. The molecule has 6 heteroatoms. The van der Waals surface area contributed by atoms with Crippen LogP contribution in [0.4, 0.5) is 0 Å². The zero-order valence-electron chi connectivity index (χ0n) is 18.1. The van der Waals surface area contributed by atoms with Crippen molar-refractivity contribution in [3.8, 4) is 28.6 Å². The molecule has 6 nitrogen and oxygen atoms in total. The lowest BCUT2D eigenvalue weighted by Crippen LogP contribution is -2.04. The number of pyridine rings is 1. The number of ether oxygens (including phenoxy) is 3. The maximum absolute atomic E-state index is 11.7. The summed E-state index contributed by atoms with van der Waals surface area (Å²) in [7, 11) is 1.44. The average molecular weight is 441 g/mol. The van der Waals surface area contributed by atoms with Gasteiger partial charge in [-0.05, 0) is 34.9 Å². The van der Waals surface area contributed by atoms with Gasteiger partial charge in [0.25, 0.3) is 0 Å². The van der Waals surface area contributed by atoms with Crippen molar-refractivity contribution in [1.29, 1.82) is 0 Å². The van der Waals surface area contributed by atoms with E-state index in [1.165, 1.54) is 7.11 Å². The standard InChI is InChI=1S/C27H23NO5/c1-31-24-14-12-21(16-23(24)27(29)30)22-13-15-25(32-17-19-8-4-2-5-9-19)28-26(22)33-18-20-10-6-3-7-11-20/h2-16H,17-18H2,1H3,(H,29,30). The second kappa shape index (κ2) is 10.3. The van der Waals surface area contributed by atoms with Gasteiger partial charge in [-0.2, -0.15) is 4.98 Å². The van der Waals surface area contributed by atoms with Crippen LogP contribution in [0.5, 0.6) is 17.5 Å². The number of hydrogen-bond donors (Lipinski definition) is 1. The third-order valence-corrected chi connectivity index (χ3v) is 5.02. The van der Waals surface area contributed by atoms with Crippen LogP contribution in [0.1, 0.15) is 21.5 Å². The first-order valence-corrected chi connectivity index (χ1v) is 10.4. The summed E-state index contributed by atoms with van der Waals surface area (Å²) in [5.74, 6) is -0.0199. The lowest BCUT2D eigenvalue weighted by molar-refractivity contribution is 0.0693. The van der Waals surface area contributed by atoms with Crippen LogP contribution in [0.25, 0.3) is 11.1 Å². The molecule has 0 atom stereocenters. The molecule has 0 saturated heterocycles. The number of methoxy groups -OCH3 is 1. The summed E-state index contributed by atoms with van der Waals surface area (Å²) in [5, 5.41) is 9.56. The molecule has 166 valence electrons. The maximum Gasteiger partial charge on any atom is 0.339 e. The van der Waals surface area contributed by atoms with Crippen LogP contribution in [0.3, 0.4) is 0 Å². The second-order valence-electron chi connectivity index (χ2n) is 7.27. The van der Waals surface area contributed by atoms with Gasteiger partial charge in [0.2, 0.25) is 11.8 Å². The van der Waals surface area contributed by atoms with Crippen molar-refractivity contribution >= 4 is 5.97 Å². The van der Waals surface area contributed by atoms with Crippen molar-refractivity contribution in [3.63, 3.8) is 0 Å². The molecule has 0 fully saturated rings. The van der Waals surface area contributed by atoms with E-state index in [1.54, 1.807) is 24.3 Å². The van der Waals surface area contributed by atoms with Crippen molar-refractivity contribution in [1.82, 2.24) is 4.98 Å². The van der Waals surface area contributed by atoms with Gasteiger partial charge in [-0.25, -0.2) is 4.79 Å². The molecule has 4 aromatic rings. The van der Waals surface area contributed by atoms with Crippen molar-refractivity contribution in [2.45, 2.75) is 13.2 Å². The highest BCUT2D eigenvalue weighted by Crippen LogP contribution is 2.34. The highest BCUT2D eigenvalue weighted by Gasteiger charge is 2.16. The molecule has 1 N–H and O–H groups in total. The first-order valence-electron chi connectivity index (χ1n) is 10.4. The molecule has 0 amide bonds. The smallest absolute Gasteiger partial charge is 0.339 e. The zero-order valence-corrected chi connectivity index (χ0v) is 18.1. The Morgan fingerprint density at radius 3 is 2.06 bits per heavy atom. The van der Waals surface area contributed by atoms with Crippen molar-refractivity contribution in [3.05, 3.63) is 108 Å². The molecule has 0 spiro atoms.